The van der Waals surface area contributed by atoms with Gasteiger partial charge in [0.2, 0.25) is 5.91 Å². The van der Waals surface area contributed by atoms with Gasteiger partial charge in [-0.05, 0) is 17.7 Å². The maximum Gasteiger partial charge on any atom is 0.240 e. The Hall–Kier alpha value is -2.14. The molecule has 0 spiro atoms. The van der Waals surface area contributed by atoms with Crippen LogP contribution in [0, 0.1) is 11.6 Å². The number of carbonyl (C=O) groups excluding carboxylic acids is 1. The van der Waals surface area contributed by atoms with E-state index < -0.39 is 23.6 Å². The van der Waals surface area contributed by atoms with Gasteiger partial charge in [-0.25, -0.2) is 8.78 Å². The van der Waals surface area contributed by atoms with Crippen molar-refractivity contribution in [2.75, 3.05) is 4.90 Å². The predicted octanol–water partition coefficient (Wildman–Crippen LogP) is 3.17. The van der Waals surface area contributed by atoms with Crippen molar-refractivity contribution in [3.05, 3.63) is 58.6 Å². The third-order valence-electron chi connectivity index (χ3n) is 3.55. The van der Waals surface area contributed by atoms with Gasteiger partial charge in [0.25, 0.3) is 0 Å². The van der Waals surface area contributed by atoms with Crippen molar-refractivity contribution in [2.24, 2.45) is 5.73 Å². The van der Waals surface area contributed by atoms with E-state index >= 15 is 0 Å². The summed E-state index contributed by atoms with van der Waals surface area (Å²) in [7, 11) is 0. The van der Waals surface area contributed by atoms with Crippen molar-refractivity contribution in [1.29, 1.82) is 0 Å². The van der Waals surface area contributed by atoms with Crippen molar-refractivity contribution < 1.29 is 13.6 Å². The van der Waals surface area contributed by atoms with Crippen molar-refractivity contribution >= 4 is 28.9 Å². The Morgan fingerprint density at radius 3 is 2.62 bits per heavy atom. The number of primary amides is 1. The largest absolute Gasteiger partial charge is 0.368 e. The lowest BCUT2D eigenvalue weighted by Gasteiger charge is -2.26. The van der Waals surface area contributed by atoms with Gasteiger partial charge in [0, 0.05) is 18.2 Å². The first-order valence-corrected chi connectivity index (χ1v) is 6.68. The van der Waals surface area contributed by atoms with E-state index in [1.54, 1.807) is 12.1 Å². The number of anilines is 2. The summed E-state index contributed by atoms with van der Waals surface area (Å²) in [5, 5.41) is -0.209. The molecule has 1 atom stereocenters. The minimum Gasteiger partial charge on any atom is -0.368 e. The predicted molar refractivity (Wildman–Crippen MR) is 76.6 cm³/mol. The number of fused-ring (bicyclic) bond motifs is 1. The van der Waals surface area contributed by atoms with Crippen molar-refractivity contribution in [3.8, 4) is 0 Å². The maximum atomic E-state index is 14.1. The fourth-order valence-electron chi connectivity index (χ4n) is 2.61. The molecule has 0 bridgehead atoms. The van der Waals surface area contributed by atoms with E-state index in [1.165, 1.54) is 11.0 Å². The van der Waals surface area contributed by atoms with Gasteiger partial charge < -0.3 is 10.6 Å². The molecule has 6 heteroatoms. The molecule has 0 aliphatic carbocycles. The van der Waals surface area contributed by atoms with E-state index in [2.05, 4.69) is 0 Å². The highest BCUT2D eigenvalue weighted by Gasteiger charge is 2.35. The Bertz CT molecular complexity index is 736. The van der Waals surface area contributed by atoms with Gasteiger partial charge in [0.1, 0.15) is 17.7 Å². The molecule has 1 aliphatic heterocycles. The second-order valence-electron chi connectivity index (χ2n) is 4.84. The molecule has 3 nitrogen and oxygen atoms in total. The number of nitrogens with zero attached hydrogens (tertiary/aromatic N) is 1. The quantitative estimate of drug-likeness (QED) is 0.866. The number of carbonyl (C=O) groups is 1. The third-order valence-corrected chi connectivity index (χ3v) is 3.84. The SMILES string of the molecule is NC(=O)C1Cc2ccccc2N1c1cc(Cl)c(F)cc1F. The second kappa shape index (κ2) is 5.00. The number of rotatable bonds is 2. The highest BCUT2D eigenvalue weighted by atomic mass is 35.5. The summed E-state index contributed by atoms with van der Waals surface area (Å²) < 4.78 is 27.4. The zero-order valence-corrected chi connectivity index (χ0v) is 11.6. The molecular weight excluding hydrogens is 298 g/mol. The van der Waals surface area contributed by atoms with Gasteiger partial charge in [-0.15, -0.1) is 0 Å². The molecule has 21 heavy (non-hydrogen) atoms. The van der Waals surface area contributed by atoms with Crippen molar-refractivity contribution in [3.63, 3.8) is 0 Å². The fourth-order valence-corrected chi connectivity index (χ4v) is 2.77. The Labute approximate surface area is 124 Å². The lowest BCUT2D eigenvalue weighted by atomic mass is 10.1. The molecule has 2 aromatic rings. The molecule has 2 aromatic carbocycles. The van der Waals surface area contributed by atoms with Gasteiger partial charge in [0.05, 0.1) is 10.7 Å². The summed E-state index contributed by atoms with van der Waals surface area (Å²) in [5.41, 5.74) is 7.00. The Kier molecular flexibility index (Phi) is 3.29. The molecule has 2 N–H and O–H groups in total. The zero-order chi connectivity index (χ0) is 15.1. The topological polar surface area (TPSA) is 46.3 Å². The Morgan fingerprint density at radius 1 is 1.19 bits per heavy atom. The van der Waals surface area contributed by atoms with Crippen LogP contribution in [0.4, 0.5) is 20.2 Å². The average molecular weight is 309 g/mol. The fraction of sp³-hybridized carbons (Fsp3) is 0.133. The molecule has 0 fully saturated rings. The molecule has 1 unspecified atom stereocenters. The molecule has 0 saturated heterocycles. The van der Waals surface area contributed by atoms with Crippen LogP contribution in [-0.4, -0.2) is 11.9 Å². The zero-order valence-electron chi connectivity index (χ0n) is 10.8. The second-order valence-corrected chi connectivity index (χ2v) is 5.25. The van der Waals surface area contributed by atoms with Gasteiger partial charge in [-0.3, -0.25) is 4.79 Å². The van der Waals surface area contributed by atoms with E-state index in [9.17, 15) is 13.6 Å². The highest BCUT2D eigenvalue weighted by Crippen LogP contribution is 2.40. The minimum atomic E-state index is -0.846. The molecule has 0 saturated carbocycles. The molecule has 0 radical (unpaired) electrons. The smallest absolute Gasteiger partial charge is 0.240 e. The lowest BCUT2D eigenvalue weighted by molar-refractivity contribution is -0.119. The van der Waals surface area contributed by atoms with Crippen LogP contribution in [-0.2, 0) is 11.2 Å². The molecule has 1 aliphatic rings. The monoisotopic (exact) mass is 308 g/mol. The number of halogens is 3. The van der Waals surface area contributed by atoms with Crippen LogP contribution in [0.5, 0.6) is 0 Å². The van der Waals surface area contributed by atoms with Gasteiger partial charge in [-0.1, -0.05) is 29.8 Å². The Morgan fingerprint density at radius 2 is 1.90 bits per heavy atom. The first kappa shape index (κ1) is 13.8. The number of para-hydroxylation sites is 1. The van der Waals surface area contributed by atoms with E-state index in [0.717, 1.165) is 5.56 Å². The maximum absolute atomic E-state index is 14.1. The molecule has 108 valence electrons. The summed E-state index contributed by atoms with van der Waals surface area (Å²) in [6.45, 7) is 0. The number of amides is 1. The molecule has 1 heterocycles. The summed E-state index contributed by atoms with van der Waals surface area (Å²) >= 11 is 5.73. The van der Waals surface area contributed by atoms with Crippen LogP contribution in [0.25, 0.3) is 0 Å². The number of hydrogen-bond acceptors (Lipinski definition) is 2. The van der Waals surface area contributed by atoms with E-state index in [0.29, 0.717) is 18.2 Å². The van der Waals surface area contributed by atoms with Crippen LogP contribution in [0.3, 0.4) is 0 Å². The van der Waals surface area contributed by atoms with Crippen LogP contribution in [0.15, 0.2) is 36.4 Å². The Balaban J connectivity index is 2.18. The van der Waals surface area contributed by atoms with E-state index in [1.807, 2.05) is 12.1 Å². The molecular formula is C15H11ClF2N2O. The van der Waals surface area contributed by atoms with Crippen molar-refractivity contribution in [1.82, 2.24) is 0 Å². The van der Waals surface area contributed by atoms with Gasteiger partial charge in [-0.2, -0.15) is 0 Å². The average Bonchev–Trinajstić information content (AvgIpc) is 2.82. The number of hydrogen-bond donors (Lipinski definition) is 1. The van der Waals surface area contributed by atoms with Crippen LogP contribution < -0.4 is 10.6 Å². The normalized spacial score (nSPS) is 16.9. The molecule has 3 rings (SSSR count). The van der Waals surface area contributed by atoms with Crippen LogP contribution in [0.2, 0.25) is 5.02 Å². The first-order chi connectivity index (χ1) is 9.99. The lowest BCUT2D eigenvalue weighted by Crippen LogP contribution is -2.40. The minimum absolute atomic E-state index is 0.0372. The van der Waals surface area contributed by atoms with E-state index in [-0.39, 0.29) is 10.7 Å². The standard InChI is InChI=1S/C15H11ClF2N2O/c16-9-6-13(11(18)7-10(9)17)20-12-4-2-1-3-8(12)5-14(20)15(19)21/h1-4,6-7,14H,5H2,(H2,19,21). The molecule has 0 aromatic heterocycles. The summed E-state index contributed by atoms with van der Waals surface area (Å²) in [6.07, 6.45) is 0.375. The summed E-state index contributed by atoms with van der Waals surface area (Å²) in [6, 6.07) is 8.36. The van der Waals surface area contributed by atoms with Crippen LogP contribution >= 0.6 is 11.6 Å². The summed E-state index contributed by atoms with van der Waals surface area (Å²) in [4.78, 5) is 13.1. The number of nitrogens with two attached hydrogens (primary N) is 1. The van der Waals surface area contributed by atoms with Gasteiger partial charge >= 0.3 is 0 Å². The number of benzene rings is 2. The summed E-state index contributed by atoms with van der Waals surface area (Å²) in [5.74, 6) is -2.22. The first-order valence-electron chi connectivity index (χ1n) is 6.30. The third kappa shape index (κ3) is 2.23. The van der Waals surface area contributed by atoms with E-state index in [4.69, 9.17) is 17.3 Å². The van der Waals surface area contributed by atoms with Crippen LogP contribution in [0.1, 0.15) is 5.56 Å². The molecule has 1 amide bonds. The van der Waals surface area contributed by atoms with Gasteiger partial charge in [0.15, 0.2) is 0 Å². The highest BCUT2D eigenvalue weighted by molar-refractivity contribution is 6.31. The van der Waals surface area contributed by atoms with Crippen molar-refractivity contribution in [2.45, 2.75) is 12.5 Å².